The molecule has 1 rings (SSSR count). The standard InChI is InChI=1S/C11H17N.CH3NS/c1-9(2)11(3,4)10-5-7-12-8-6-10;2-1-3/h5-9H,1-4H3;1H,(H2,2,3). The summed E-state index contributed by atoms with van der Waals surface area (Å²) in [6.07, 6.45) is 3.72. The van der Waals surface area contributed by atoms with Crippen LogP contribution in [-0.2, 0) is 5.41 Å². The monoisotopic (exact) mass is 224 g/mol. The fraction of sp³-hybridized carbons (Fsp3) is 0.500. The first kappa shape index (κ1) is 14.0. The van der Waals surface area contributed by atoms with Crippen molar-refractivity contribution in [3.8, 4) is 0 Å². The van der Waals surface area contributed by atoms with Crippen LogP contribution in [0, 0.1) is 5.92 Å². The van der Waals surface area contributed by atoms with Gasteiger partial charge < -0.3 is 5.73 Å². The van der Waals surface area contributed by atoms with Crippen molar-refractivity contribution in [3.63, 3.8) is 0 Å². The van der Waals surface area contributed by atoms with Gasteiger partial charge in [-0.3, -0.25) is 4.98 Å². The predicted octanol–water partition coefficient (Wildman–Crippen LogP) is 2.92. The molecule has 1 aromatic heterocycles. The Kier molecular flexibility index (Phi) is 6.09. The highest BCUT2D eigenvalue weighted by Gasteiger charge is 2.23. The normalized spacial score (nSPS) is 10.5. The van der Waals surface area contributed by atoms with Crippen molar-refractivity contribution < 1.29 is 0 Å². The summed E-state index contributed by atoms with van der Waals surface area (Å²) in [5.74, 6) is 0.653. The Hall–Kier alpha value is -0.960. The largest absolute Gasteiger partial charge is 0.396 e. The molecule has 0 bridgehead atoms. The van der Waals surface area contributed by atoms with Crippen LogP contribution in [0.3, 0.4) is 0 Å². The number of nitrogens with zero attached hydrogens (tertiary/aromatic N) is 1. The van der Waals surface area contributed by atoms with Gasteiger partial charge >= 0.3 is 0 Å². The smallest absolute Gasteiger partial charge is 0.0588 e. The van der Waals surface area contributed by atoms with E-state index >= 15 is 0 Å². The van der Waals surface area contributed by atoms with Gasteiger partial charge in [-0.25, -0.2) is 0 Å². The molecule has 84 valence electrons. The molecule has 2 nitrogen and oxygen atoms in total. The molecule has 0 saturated heterocycles. The summed E-state index contributed by atoms with van der Waals surface area (Å²) in [7, 11) is 0. The number of nitrogens with two attached hydrogens (primary N) is 1. The lowest BCUT2D eigenvalue weighted by molar-refractivity contribution is 0.372. The van der Waals surface area contributed by atoms with Crippen molar-refractivity contribution in [2.75, 3.05) is 0 Å². The van der Waals surface area contributed by atoms with Gasteiger partial charge in [0.2, 0.25) is 0 Å². The van der Waals surface area contributed by atoms with Crippen LogP contribution in [0.2, 0.25) is 0 Å². The second kappa shape index (κ2) is 6.51. The van der Waals surface area contributed by atoms with Crippen LogP contribution < -0.4 is 5.73 Å². The highest BCUT2D eigenvalue weighted by Crippen LogP contribution is 2.30. The number of hydrogen-bond acceptors (Lipinski definition) is 2. The van der Waals surface area contributed by atoms with Gasteiger partial charge in [0, 0.05) is 12.4 Å². The lowest BCUT2D eigenvalue weighted by atomic mass is 9.76. The minimum Gasteiger partial charge on any atom is -0.396 e. The van der Waals surface area contributed by atoms with E-state index in [4.69, 9.17) is 0 Å². The predicted molar refractivity (Wildman–Crippen MR) is 69.9 cm³/mol. The summed E-state index contributed by atoms with van der Waals surface area (Å²) < 4.78 is 0. The Balaban J connectivity index is 0.000000583. The zero-order valence-corrected chi connectivity index (χ0v) is 10.7. The molecule has 0 radical (unpaired) electrons. The molecule has 0 amide bonds. The molecule has 3 heteroatoms. The maximum absolute atomic E-state index is 4.54. The van der Waals surface area contributed by atoms with Crippen LogP contribution in [0.25, 0.3) is 0 Å². The Morgan fingerprint density at radius 1 is 1.33 bits per heavy atom. The molecule has 0 aromatic carbocycles. The zero-order chi connectivity index (χ0) is 11.9. The molecule has 1 heterocycles. The summed E-state index contributed by atoms with van der Waals surface area (Å²) in [5, 5.41) is 0. The average molecular weight is 224 g/mol. The van der Waals surface area contributed by atoms with E-state index < -0.39 is 0 Å². The van der Waals surface area contributed by atoms with Gasteiger partial charge in [0.15, 0.2) is 0 Å². The third kappa shape index (κ3) is 4.38. The second-order valence-corrected chi connectivity index (χ2v) is 4.52. The molecule has 0 atom stereocenters. The molecular weight excluding hydrogens is 204 g/mol. The molecule has 0 fully saturated rings. The van der Waals surface area contributed by atoms with Crippen LogP contribution in [0.15, 0.2) is 24.5 Å². The van der Waals surface area contributed by atoms with Gasteiger partial charge in [-0.2, -0.15) is 0 Å². The number of thiocarbonyl (C=S) groups is 1. The molecule has 0 aliphatic rings. The average Bonchev–Trinajstić information content (AvgIpc) is 2.20. The molecule has 0 aliphatic carbocycles. The fourth-order valence-electron chi connectivity index (χ4n) is 1.11. The third-order valence-electron chi connectivity index (χ3n) is 2.87. The van der Waals surface area contributed by atoms with E-state index in [1.54, 1.807) is 0 Å². The molecular formula is C12H20N2S. The van der Waals surface area contributed by atoms with E-state index in [1.807, 2.05) is 12.4 Å². The Bertz CT molecular complexity index is 281. The third-order valence-corrected chi connectivity index (χ3v) is 2.87. The molecule has 0 aliphatic heterocycles. The number of aromatic nitrogens is 1. The minimum absolute atomic E-state index is 0.253. The molecule has 0 unspecified atom stereocenters. The van der Waals surface area contributed by atoms with Crippen LogP contribution in [0.1, 0.15) is 33.3 Å². The Morgan fingerprint density at radius 2 is 1.73 bits per heavy atom. The fourth-order valence-corrected chi connectivity index (χ4v) is 1.11. The van der Waals surface area contributed by atoms with Crippen molar-refractivity contribution in [2.24, 2.45) is 11.7 Å². The topological polar surface area (TPSA) is 38.9 Å². The first-order chi connectivity index (χ1) is 6.96. The van der Waals surface area contributed by atoms with Crippen LogP contribution in [0.5, 0.6) is 0 Å². The minimum atomic E-state index is 0.253. The van der Waals surface area contributed by atoms with Crippen LogP contribution in [-0.4, -0.2) is 10.5 Å². The quantitative estimate of drug-likeness (QED) is 0.785. The van der Waals surface area contributed by atoms with Crippen molar-refractivity contribution >= 4 is 17.7 Å². The maximum Gasteiger partial charge on any atom is 0.0588 e. The van der Waals surface area contributed by atoms with Gasteiger partial charge in [0.1, 0.15) is 0 Å². The van der Waals surface area contributed by atoms with Gasteiger partial charge in [-0.1, -0.05) is 39.9 Å². The van der Waals surface area contributed by atoms with Gasteiger partial charge in [0.05, 0.1) is 5.49 Å². The first-order valence-electron chi connectivity index (χ1n) is 5.02. The molecule has 0 saturated carbocycles. The van der Waals surface area contributed by atoms with E-state index in [-0.39, 0.29) is 5.41 Å². The van der Waals surface area contributed by atoms with Crippen molar-refractivity contribution in [1.29, 1.82) is 0 Å². The number of hydrogen-bond donors (Lipinski definition) is 1. The summed E-state index contributed by atoms with van der Waals surface area (Å²) in [5.41, 5.74) is 7.24. The number of rotatable bonds is 2. The lowest BCUT2D eigenvalue weighted by Gasteiger charge is -2.29. The maximum atomic E-state index is 4.54. The van der Waals surface area contributed by atoms with Gasteiger partial charge in [-0.15, -0.1) is 0 Å². The zero-order valence-electron chi connectivity index (χ0n) is 9.90. The van der Waals surface area contributed by atoms with Crippen molar-refractivity contribution in [1.82, 2.24) is 4.98 Å². The highest BCUT2D eigenvalue weighted by atomic mass is 32.1. The van der Waals surface area contributed by atoms with E-state index in [0.29, 0.717) is 5.92 Å². The van der Waals surface area contributed by atoms with E-state index in [0.717, 1.165) is 5.49 Å². The van der Waals surface area contributed by atoms with Crippen molar-refractivity contribution in [3.05, 3.63) is 30.1 Å². The SMILES string of the molecule is CC(C)C(C)(C)c1ccncc1.NC=S. The molecule has 0 spiro atoms. The van der Waals surface area contributed by atoms with E-state index in [9.17, 15) is 0 Å². The van der Waals surface area contributed by atoms with Gasteiger partial charge in [-0.05, 0) is 29.0 Å². The van der Waals surface area contributed by atoms with Crippen LogP contribution >= 0.6 is 12.2 Å². The Labute approximate surface area is 97.9 Å². The van der Waals surface area contributed by atoms with Crippen molar-refractivity contribution in [2.45, 2.75) is 33.1 Å². The van der Waals surface area contributed by atoms with Gasteiger partial charge in [0.25, 0.3) is 0 Å². The first-order valence-corrected chi connectivity index (χ1v) is 5.49. The Morgan fingerprint density at radius 3 is 2.07 bits per heavy atom. The van der Waals surface area contributed by atoms with E-state index in [1.165, 1.54) is 5.56 Å². The lowest BCUT2D eigenvalue weighted by Crippen LogP contribution is -2.24. The summed E-state index contributed by atoms with van der Waals surface area (Å²) in [4.78, 5) is 4.02. The molecule has 15 heavy (non-hydrogen) atoms. The van der Waals surface area contributed by atoms with E-state index in [2.05, 4.69) is 62.8 Å². The second-order valence-electron chi connectivity index (χ2n) is 4.25. The molecule has 1 aromatic rings. The van der Waals surface area contributed by atoms with Crippen LogP contribution in [0.4, 0.5) is 0 Å². The summed E-state index contributed by atoms with van der Waals surface area (Å²) in [6, 6.07) is 4.19. The molecule has 2 N–H and O–H groups in total. The highest BCUT2D eigenvalue weighted by molar-refractivity contribution is 7.78. The summed E-state index contributed by atoms with van der Waals surface area (Å²) in [6.45, 7) is 9.04. The summed E-state index contributed by atoms with van der Waals surface area (Å²) >= 11 is 4.05. The number of pyridine rings is 1.